The van der Waals surface area contributed by atoms with Crippen molar-refractivity contribution in [3.8, 4) is 0 Å². The van der Waals surface area contributed by atoms with E-state index in [9.17, 15) is 14.5 Å². The lowest BCUT2D eigenvalue weighted by Crippen LogP contribution is -2.40. The highest BCUT2D eigenvalue weighted by atomic mass is 32.1. The monoisotopic (exact) mass is 370 g/mol. The van der Waals surface area contributed by atoms with Crippen LogP contribution in [0.2, 0.25) is 0 Å². The van der Waals surface area contributed by atoms with Crippen molar-refractivity contribution in [2.75, 3.05) is 11.5 Å². The van der Waals surface area contributed by atoms with Gasteiger partial charge in [0.1, 0.15) is 5.69 Å². The largest absolute Gasteiger partial charge is 0.477 e. The molecule has 130 valence electrons. The van der Waals surface area contributed by atoms with Crippen LogP contribution in [0.1, 0.15) is 29.5 Å². The van der Waals surface area contributed by atoms with Gasteiger partial charge in [-0.2, -0.15) is 0 Å². The summed E-state index contributed by atoms with van der Waals surface area (Å²) in [5, 5.41) is 16.4. The van der Waals surface area contributed by atoms with Gasteiger partial charge in [0.2, 0.25) is 5.91 Å². The van der Waals surface area contributed by atoms with E-state index in [1.165, 1.54) is 23.6 Å². The van der Waals surface area contributed by atoms with Crippen LogP contribution in [-0.2, 0) is 11.2 Å². The number of thiazole rings is 1. The fraction of sp³-hybridized carbons (Fsp3) is 0.357. The summed E-state index contributed by atoms with van der Waals surface area (Å²) in [6.45, 7) is 1.95. The average molecular weight is 370 g/mol. The molecule has 2 unspecified atom stereocenters. The van der Waals surface area contributed by atoms with Crippen LogP contribution in [0.4, 0.5) is 5.69 Å². The topological polar surface area (TPSA) is 127 Å². The highest BCUT2D eigenvalue weighted by Gasteiger charge is 2.23. The number of anilines is 1. The first-order valence-electron chi connectivity index (χ1n) is 7.31. The predicted octanol–water partition coefficient (Wildman–Crippen LogP) is 2.02. The number of carboxylic acids is 1. The van der Waals surface area contributed by atoms with Gasteiger partial charge in [-0.25, -0.2) is 9.78 Å². The Bertz CT molecular complexity index is 676. The van der Waals surface area contributed by atoms with E-state index in [2.05, 4.69) is 20.4 Å². The molecule has 10 heteroatoms. The van der Waals surface area contributed by atoms with Crippen molar-refractivity contribution in [2.45, 2.75) is 25.8 Å². The Morgan fingerprint density at radius 3 is 2.88 bits per heavy atom. The van der Waals surface area contributed by atoms with Gasteiger partial charge >= 0.3 is 5.97 Å². The quantitative estimate of drug-likeness (QED) is 0.430. The maximum absolute atomic E-state index is 12.5. The minimum Gasteiger partial charge on any atom is -0.477 e. The molecule has 0 saturated carbocycles. The van der Waals surface area contributed by atoms with E-state index >= 15 is 0 Å². The number of amides is 1. The van der Waals surface area contributed by atoms with Gasteiger partial charge in [0, 0.05) is 24.2 Å². The zero-order chi connectivity index (χ0) is 17.5. The van der Waals surface area contributed by atoms with Gasteiger partial charge in [0.05, 0.1) is 31.2 Å². The highest BCUT2D eigenvalue weighted by Crippen LogP contribution is 2.27. The third-order valence-corrected chi connectivity index (χ3v) is 5.25. The van der Waals surface area contributed by atoms with Crippen LogP contribution in [0.3, 0.4) is 0 Å². The average Bonchev–Trinajstić information content (AvgIpc) is 3.18. The number of carbonyl (C=O) groups excluding carboxylic acids is 1. The molecule has 2 rings (SSSR count). The Morgan fingerprint density at radius 1 is 1.50 bits per heavy atom. The minimum absolute atomic E-state index is 0.00953. The summed E-state index contributed by atoms with van der Waals surface area (Å²) in [6.07, 6.45) is 3.15. The SMILES string of the molecule is CCCP(O)NC(Cc1cscn1)C(=O)Nc1c[nH]c(C(=O)O)c1. The molecule has 0 saturated heterocycles. The van der Waals surface area contributed by atoms with E-state index in [1.54, 1.807) is 5.51 Å². The first-order chi connectivity index (χ1) is 11.5. The van der Waals surface area contributed by atoms with Crippen LogP contribution in [0.5, 0.6) is 0 Å². The van der Waals surface area contributed by atoms with Gasteiger partial charge in [-0.3, -0.25) is 9.88 Å². The molecule has 2 aromatic rings. The van der Waals surface area contributed by atoms with Crippen molar-refractivity contribution in [3.05, 3.63) is 34.5 Å². The van der Waals surface area contributed by atoms with Crippen molar-refractivity contribution < 1.29 is 19.6 Å². The van der Waals surface area contributed by atoms with E-state index in [4.69, 9.17) is 5.11 Å². The second-order valence-electron chi connectivity index (χ2n) is 5.09. The molecule has 0 fully saturated rings. The summed E-state index contributed by atoms with van der Waals surface area (Å²) in [5.74, 6) is -1.45. The van der Waals surface area contributed by atoms with Crippen LogP contribution in [-0.4, -0.2) is 44.0 Å². The zero-order valence-electron chi connectivity index (χ0n) is 13.0. The fourth-order valence-electron chi connectivity index (χ4n) is 2.02. The second kappa shape index (κ2) is 8.89. The molecule has 0 aliphatic heterocycles. The number of H-pyrrole nitrogens is 1. The Hall–Kier alpha value is -1.80. The Balaban J connectivity index is 2.05. The number of rotatable bonds is 9. The van der Waals surface area contributed by atoms with E-state index in [-0.39, 0.29) is 11.6 Å². The van der Waals surface area contributed by atoms with Crippen molar-refractivity contribution >= 4 is 37.2 Å². The summed E-state index contributed by atoms with van der Waals surface area (Å²) in [6, 6.07) is 0.687. The Kier molecular flexibility index (Phi) is 6.86. The summed E-state index contributed by atoms with van der Waals surface area (Å²) in [5.41, 5.74) is 2.79. The van der Waals surface area contributed by atoms with Gasteiger partial charge in [0.25, 0.3) is 0 Å². The molecule has 0 radical (unpaired) electrons. The normalized spacial score (nSPS) is 13.4. The number of aromatic amines is 1. The number of carbonyl (C=O) groups is 2. The number of nitrogens with zero attached hydrogens (tertiary/aromatic N) is 1. The molecule has 0 aliphatic carbocycles. The third kappa shape index (κ3) is 5.38. The molecule has 2 heterocycles. The number of carboxylic acid groups (broad SMARTS) is 1. The van der Waals surface area contributed by atoms with Crippen LogP contribution in [0, 0.1) is 0 Å². The van der Waals surface area contributed by atoms with Crippen molar-refractivity contribution in [2.24, 2.45) is 0 Å². The van der Waals surface area contributed by atoms with E-state index in [0.717, 1.165) is 12.1 Å². The van der Waals surface area contributed by atoms with Crippen LogP contribution in [0.15, 0.2) is 23.2 Å². The Morgan fingerprint density at radius 2 is 2.29 bits per heavy atom. The van der Waals surface area contributed by atoms with Gasteiger partial charge < -0.3 is 20.3 Å². The molecule has 2 atom stereocenters. The van der Waals surface area contributed by atoms with Gasteiger partial charge in [0.15, 0.2) is 0 Å². The lowest BCUT2D eigenvalue weighted by molar-refractivity contribution is -0.117. The molecule has 24 heavy (non-hydrogen) atoms. The van der Waals surface area contributed by atoms with Gasteiger partial charge in [-0.05, 0) is 12.5 Å². The summed E-state index contributed by atoms with van der Waals surface area (Å²) < 4.78 is 0. The number of hydrogen-bond acceptors (Lipinski definition) is 6. The van der Waals surface area contributed by atoms with Crippen molar-refractivity contribution in [1.82, 2.24) is 15.1 Å². The van der Waals surface area contributed by atoms with E-state index < -0.39 is 20.3 Å². The smallest absolute Gasteiger partial charge is 0.352 e. The molecule has 5 N–H and O–H groups in total. The number of aromatic nitrogens is 2. The summed E-state index contributed by atoms with van der Waals surface area (Å²) >= 11 is 1.43. The Labute approximate surface area is 144 Å². The van der Waals surface area contributed by atoms with Gasteiger partial charge in [-0.15, -0.1) is 11.3 Å². The first-order valence-corrected chi connectivity index (χ1v) is 9.74. The fourth-order valence-corrected chi connectivity index (χ4v) is 3.71. The molecule has 0 spiro atoms. The van der Waals surface area contributed by atoms with Crippen molar-refractivity contribution in [3.63, 3.8) is 0 Å². The number of hydrogen-bond donors (Lipinski definition) is 5. The van der Waals surface area contributed by atoms with Gasteiger partial charge in [-0.1, -0.05) is 6.92 Å². The van der Waals surface area contributed by atoms with Crippen molar-refractivity contribution in [1.29, 1.82) is 0 Å². The molecular formula is C14H19N4O4PS. The summed E-state index contributed by atoms with van der Waals surface area (Å²) in [7, 11) is -1.45. The summed E-state index contributed by atoms with van der Waals surface area (Å²) in [4.78, 5) is 40.1. The lowest BCUT2D eigenvalue weighted by atomic mass is 10.1. The molecule has 0 aliphatic rings. The minimum atomic E-state index is -1.45. The van der Waals surface area contributed by atoms with E-state index in [0.29, 0.717) is 18.3 Å². The lowest BCUT2D eigenvalue weighted by Gasteiger charge is -2.20. The predicted molar refractivity (Wildman–Crippen MR) is 93.4 cm³/mol. The first kappa shape index (κ1) is 18.5. The number of aromatic carboxylic acids is 1. The van der Waals surface area contributed by atoms with Crippen LogP contribution >= 0.6 is 19.6 Å². The third-order valence-electron chi connectivity index (χ3n) is 3.13. The highest BCUT2D eigenvalue weighted by molar-refractivity contribution is 7.49. The second-order valence-corrected chi connectivity index (χ2v) is 7.31. The van der Waals surface area contributed by atoms with Crippen LogP contribution in [0.25, 0.3) is 0 Å². The molecule has 2 aromatic heterocycles. The molecule has 8 nitrogen and oxygen atoms in total. The van der Waals surface area contributed by atoms with Crippen LogP contribution < -0.4 is 10.4 Å². The maximum atomic E-state index is 12.5. The standard InChI is InChI=1S/C14H19N4O4PS/c1-2-3-23(22)18-11(5-10-7-24-8-16-10)13(19)17-9-4-12(14(20)21)15-6-9/h4,6-8,11,15,18,22H,2-3,5H2,1H3,(H,17,19)(H,20,21). The molecule has 0 bridgehead atoms. The maximum Gasteiger partial charge on any atom is 0.352 e. The molecule has 0 aromatic carbocycles. The molecular weight excluding hydrogens is 351 g/mol. The number of nitrogens with one attached hydrogen (secondary N) is 3. The molecule has 1 amide bonds. The van der Waals surface area contributed by atoms with E-state index in [1.807, 2.05) is 12.3 Å². The zero-order valence-corrected chi connectivity index (χ0v) is 14.7.